The van der Waals surface area contributed by atoms with Gasteiger partial charge in [-0.05, 0) is 48.1 Å². The molecule has 2 N–H and O–H groups in total. The van der Waals surface area contributed by atoms with Crippen LogP contribution in [0.25, 0.3) is 10.9 Å². The van der Waals surface area contributed by atoms with Gasteiger partial charge in [0.15, 0.2) is 0 Å². The molecule has 4 heterocycles. The Balaban J connectivity index is 1.39. The molecule has 2 aliphatic heterocycles. The van der Waals surface area contributed by atoms with Crippen LogP contribution in [-0.2, 0) is 22.5 Å². The smallest absolute Gasteiger partial charge is 0.237 e. The number of nitrogens with one attached hydrogen (secondary N) is 2. The second-order valence-electron chi connectivity index (χ2n) is 10.2. The Hall–Kier alpha value is -2.74. The Morgan fingerprint density at radius 2 is 2.06 bits per heavy atom. The molecule has 5 rings (SSSR count). The Labute approximate surface area is 207 Å². The number of pyridine rings is 1. The van der Waals surface area contributed by atoms with E-state index in [9.17, 15) is 4.79 Å². The SMILES string of the molecule is CC(C)CC1NC(C(=O)NCCN2CCOCC2)Cc2cn(Cc3ccccn3)c3cccc1c23. The number of hydrogen-bond donors (Lipinski definition) is 2. The summed E-state index contributed by atoms with van der Waals surface area (Å²) in [5.41, 5.74) is 4.79. The van der Waals surface area contributed by atoms with Crippen LogP contribution in [0, 0.1) is 5.92 Å². The van der Waals surface area contributed by atoms with Crippen LogP contribution < -0.4 is 10.6 Å². The van der Waals surface area contributed by atoms with E-state index in [-0.39, 0.29) is 18.0 Å². The zero-order valence-electron chi connectivity index (χ0n) is 20.9. The predicted molar refractivity (Wildman–Crippen MR) is 138 cm³/mol. The minimum Gasteiger partial charge on any atom is -0.379 e. The maximum Gasteiger partial charge on any atom is 0.237 e. The lowest BCUT2D eigenvalue weighted by Crippen LogP contribution is -2.48. The summed E-state index contributed by atoms with van der Waals surface area (Å²) >= 11 is 0. The van der Waals surface area contributed by atoms with Crippen LogP contribution >= 0.6 is 0 Å². The molecule has 1 amide bonds. The summed E-state index contributed by atoms with van der Waals surface area (Å²) in [5.74, 6) is 0.607. The molecule has 2 unspecified atom stereocenters. The second kappa shape index (κ2) is 10.9. The van der Waals surface area contributed by atoms with E-state index in [1.807, 2.05) is 18.3 Å². The molecule has 0 radical (unpaired) electrons. The number of carbonyl (C=O) groups is 1. The third kappa shape index (κ3) is 5.58. The van der Waals surface area contributed by atoms with Crippen LogP contribution in [0.2, 0.25) is 0 Å². The summed E-state index contributed by atoms with van der Waals surface area (Å²) in [6.07, 6.45) is 5.74. The number of rotatable bonds is 8. The highest BCUT2D eigenvalue weighted by Gasteiger charge is 2.31. The Bertz CT molecular complexity index is 1140. The van der Waals surface area contributed by atoms with E-state index >= 15 is 0 Å². The molecule has 186 valence electrons. The molecule has 0 spiro atoms. The van der Waals surface area contributed by atoms with E-state index < -0.39 is 0 Å². The molecule has 0 aliphatic carbocycles. The molecule has 2 aliphatic rings. The second-order valence-corrected chi connectivity index (χ2v) is 10.2. The largest absolute Gasteiger partial charge is 0.379 e. The molecule has 0 bridgehead atoms. The van der Waals surface area contributed by atoms with Gasteiger partial charge in [-0.3, -0.25) is 20.0 Å². The number of benzene rings is 1. The summed E-state index contributed by atoms with van der Waals surface area (Å²) in [7, 11) is 0. The standard InChI is InChI=1S/C28H37N5O2/c1-20(2)16-24-23-7-5-8-26-27(23)21(18-33(26)19-22-6-3-4-9-29-22)17-25(31-24)28(34)30-10-11-32-12-14-35-15-13-32/h3-9,18,20,24-25,31H,10-17,19H2,1-2H3,(H,30,34). The summed E-state index contributed by atoms with van der Waals surface area (Å²) in [5, 5.41) is 8.23. The fourth-order valence-corrected chi connectivity index (χ4v) is 5.44. The monoisotopic (exact) mass is 475 g/mol. The molecule has 1 fully saturated rings. The molecule has 7 nitrogen and oxygen atoms in total. The minimum atomic E-state index is -0.260. The molecule has 1 aromatic carbocycles. The predicted octanol–water partition coefficient (Wildman–Crippen LogP) is 3.13. The first-order valence-corrected chi connectivity index (χ1v) is 12.9. The molecular formula is C28H37N5O2. The van der Waals surface area contributed by atoms with Crippen LogP contribution in [0.1, 0.15) is 43.1 Å². The molecule has 7 heteroatoms. The molecule has 1 saturated heterocycles. The molecule has 3 aromatic rings. The lowest BCUT2D eigenvalue weighted by atomic mass is 9.94. The van der Waals surface area contributed by atoms with Gasteiger partial charge in [-0.2, -0.15) is 0 Å². The van der Waals surface area contributed by atoms with Gasteiger partial charge in [-0.1, -0.05) is 32.0 Å². The summed E-state index contributed by atoms with van der Waals surface area (Å²) < 4.78 is 7.73. The van der Waals surface area contributed by atoms with Crippen molar-refractivity contribution in [3.63, 3.8) is 0 Å². The summed E-state index contributed by atoms with van der Waals surface area (Å²) in [6, 6.07) is 12.5. The normalized spacial score (nSPS) is 20.8. The van der Waals surface area contributed by atoms with Crippen molar-refractivity contribution in [1.29, 1.82) is 0 Å². The molecule has 2 atom stereocenters. The van der Waals surface area contributed by atoms with Crippen LogP contribution in [-0.4, -0.2) is 65.8 Å². The van der Waals surface area contributed by atoms with Gasteiger partial charge in [0.2, 0.25) is 5.91 Å². The van der Waals surface area contributed by atoms with Crippen molar-refractivity contribution in [3.05, 3.63) is 65.6 Å². The Kier molecular flexibility index (Phi) is 7.46. The van der Waals surface area contributed by atoms with Crippen molar-refractivity contribution in [2.45, 2.75) is 45.3 Å². The van der Waals surface area contributed by atoms with Crippen molar-refractivity contribution in [2.75, 3.05) is 39.4 Å². The van der Waals surface area contributed by atoms with Crippen LogP contribution in [0.3, 0.4) is 0 Å². The summed E-state index contributed by atoms with van der Waals surface area (Å²) in [4.78, 5) is 20.2. The van der Waals surface area contributed by atoms with Crippen LogP contribution in [0.4, 0.5) is 0 Å². The van der Waals surface area contributed by atoms with Gasteiger partial charge in [0.25, 0.3) is 0 Å². The van der Waals surface area contributed by atoms with Gasteiger partial charge >= 0.3 is 0 Å². The number of morpholine rings is 1. The van der Waals surface area contributed by atoms with Crippen molar-refractivity contribution >= 4 is 16.8 Å². The van der Waals surface area contributed by atoms with Gasteiger partial charge in [0.1, 0.15) is 0 Å². The van der Waals surface area contributed by atoms with E-state index in [1.165, 1.54) is 22.0 Å². The number of aromatic nitrogens is 2. The first-order chi connectivity index (χ1) is 17.1. The molecular weight excluding hydrogens is 438 g/mol. The van der Waals surface area contributed by atoms with E-state index in [2.05, 4.69) is 69.4 Å². The van der Waals surface area contributed by atoms with E-state index in [0.717, 1.165) is 51.5 Å². The first-order valence-electron chi connectivity index (χ1n) is 12.9. The Morgan fingerprint density at radius 3 is 2.83 bits per heavy atom. The molecule has 35 heavy (non-hydrogen) atoms. The third-order valence-corrected chi connectivity index (χ3v) is 7.13. The van der Waals surface area contributed by atoms with E-state index in [1.54, 1.807) is 0 Å². The van der Waals surface area contributed by atoms with E-state index in [4.69, 9.17) is 4.74 Å². The maximum atomic E-state index is 13.4. The van der Waals surface area contributed by atoms with Gasteiger partial charge in [-0.15, -0.1) is 0 Å². The number of ether oxygens (including phenoxy) is 1. The van der Waals surface area contributed by atoms with Crippen LogP contribution in [0.5, 0.6) is 0 Å². The minimum absolute atomic E-state index is 0.0884. The number of nitrogens with zero attached hydrogens (tertiary/aromatic N) is 3. The first kappa shape index (κ1) is 24.0. The van der Waals surface area contributed by atoms with Gasteiger partial charge < -0.3 is 14.6 Å². The third-order valence-electron chi connectivity index (χ3n) is 7.13. The van der Waals surface area contributed by atoms with E-state index in [0.29, 0.717) is 18.9 Å². The van der Waals surface area contributed by atoms with Crippen LogP contribution in [0.15, 0.2) is 48.8 Å². The zero-order chi connectivity index (χ0) is 24.2. The van der Waals surface area contributed by atoms with Crippen molar-refractivity contribution in [1.82, 2.24) is 25.1 Å². The van der Waals surface area contributed by atoms with Gasteiger partial charge in [0, 0.05) is 55.5 Å². The fourth-order valence-electron chi connectivity index (χ4n) is 5.44. The van der Waals surface area contributed by atoms with Crippen molar-refractivity contribution in [3.8, 4) is 0 Å². The van der Waals surface area contributed by atoms with Crippen molar-refractivity contribution < 1.29 is 9.53 Å². The average Bonchev–Trinajstić information content (AvgIpc) is 3.12. The summed E-state index contributed by atoms with van der Waals surface area (Å²) in [6.45, 7) is 10.2. The zero-order valence-corrected chi connectivity index (χ0v) is 20.9. The fraction of sp³-hybridized carbons (Fsp3) is 0.500. The lowest BCUT2D eigenvalue weighted by molar-refractivity contribution is -0.123. The average molecular weight is 476 g/mol. The molecule has 2 aromatic heterocycles. The highest BCUT2D eigenvalue weighted by molar-refractivity contribution is 5.90. The molecule has 0 saturated carbocycles. The number of hydrogen-bond acceptors (Lipinski definition) is 5. The van der Waals surface area contributed by atoms with Gasteiger partial charge in [-0.25, -0.2) is 0 Å². The topological polar surface area (TPSA) is 71.4 Å². The number of amides is 1. The lowest BCUT2D eigenvalue weighted by Gasteiger charge is -2.28. The highest BCUT2D eigenvalue weighted by Crippen LogP contribution is 2.36. The number of carbonyl (C=O) groups excluding carboxylic acids is 1. The maximum absolute atomic E-state index is 13.4. The Morgan fingerprint density at radius 1 is 1.20 bits per heavy atom. The quantitative estimate of drug-likeness (QED) is 0.524. The highest BCUT2D eigenvalue weighted by atomic mass is 16.5. The van der Waals surface area contributed by atoms with Gasteiger partial charge in [0.05, 0.1) is 31.5 Å². The van der Waals surface area contributed by atoms with Crippen molar-refractivity contribution in [2.24, 2.45) is 5.92 Å².